The fourth-order valence-corrected chi connectivity index (χ4v) is 1.99. The van der Waals surface area contributed by atoms with Gasteiger partial charge in [-0.05, 0) is 32.0 Å². The summed E-state index contributed by atoms with van der Waals surface area (Å²) < 4.78 is 0. The van der Waals surface area contributed by atoms with E-state index in [2.05, 4.69) is 10.3 Å². The van der Waals surface area contributed by atoms with Gasteiger partial charge in [0.1, 0.15) is 0 Å². The van der Waals surface area contributed by atoms with E-state index in [1.807, 2.05) is 26.0 Å². The molecule has 1 N–H and O–H groups in total. The first-order valence-corrected chi connectivity index (χ1v) is 5.69. The van der Waals surface area contributed by atoms with E-state index in [0.29, 0.717) is 0 Å². The Labute approximate surface area is 95.7 Å². The summed E-state index contributed by atoms with van der Waals surface area (Å²) in [5.41, 5.74) is 1.87. The third-order valence-corrected chi connectivity index (χ3v) is 2.86. The molecule has 4 nitrogen and oxygen atoms in total. The van der Waals surface area contributed by atoms with Gasteiger partial charge in [-0.15, -0.1) is 0 Å². The SMILES string of the molecule is CCNC1CCN(c2ccc(C)nc2)C1=O. The second-order valence-corrected chi connectivity index (χ2v) is 4.05. The van der Waals surface area contributed by atoms with Gasteiger partial charge in [0.15, 0.2) is 0 Å². The van der Waals surface area contributed by atoms with Gasteiger partial charge in [0.25, 0.3) is 0 Å². The second-order valence-electron chi connectivity index (χ2n) is 4.05. The van der Waals surface area contributed by atoms with Crippen molar-refractivity contribution in [2.45, 2.75) is 26.3 Å². The first-order chi connectivity index (χ1) is 7.72. The molecule has 0 bridgehead atoms. The van der Waals surface area contributed by atoms with Crippen molar-refractivity contribution in [2.24, 2.45) is 0 Å². The fourth-order valence-electron chi connectivity index (χ4n) is 1.99. The summed E-state index contributed by atoms with van der Waals surface area (Å²) >= 11 is 0. The van der Waals surface area contributed by atoms with Crippen LogP contribution in [0.4, 0.5) is 5.69 Å². The number of hydrogen-bond acceptors (Lipinski definition) is 3. The van der Waals surface area contributed by atoms with Crippen LogP contribution in [0.25, 0.3) is 0 Å². The van der Waals surface area contributed by atoms with Crippen molar-refractivity contribution in [3.8, 4) is 0 Å². The van der Waals surface area contributed by atoms with Gasteiger partial charge in [0.2, 0.25) is 5.91 Å². The van der Waals surface area contributed by atoms with Crippen LogP contribution in [-0.2, 0) is 4.79 Å². The van der Waals surface area contributed by atoms with Gasteiger partial charge in [-0.2, -0.15) is 0 Å². The Kier molecular flexibility index (Phi) is 3.19. The molecule has 0 aromatic carbocycles. The second kappa shape index (κ2) is 4.61. The van der Waals surface area contributed by atoms with Gasteiger partial charge < -0.3 is 10.2 Å². The monoisotopic (exact) mass is 219 g/mol. The number of nitrogens with zero attached hydrogens (tertiary/aromatic N) is 2. The number of nitrogens with one attached hydrogen (secondary N) is 1. The number of likely N-dealkylation sites (N-methyl/N-ethyl adjacent to an activating group) is 1. The third kappa shape index (κ3) is 2.07. The molecule has 1 unspecified atom stereocenters. The van der Waals surface area contributed by atoms with Crippen LogP contribution in [0.1, 0.15) is 19.0 Å². The van der Waals surface area contributed by atoms with Gasteiger partial charge in [0, 0.05) is 12.2 Å². The standard InChI is InChI=1S/C12H17N3O/c1-3-13-11-6-7-15(12(11)16)10-5-4-9(2)14-8-10/h4-5,8,11,13H,3,6-7H2,1-2H3. The third-order valence-electron chi connectivity index (χ3n) is 2.86. The van der Waals surface area contributed by atoms with Crippen LogP contribution in [0.3, 0.4) is 0 Å². The zero-order valence-electron chi connectivity index (χ0n) is 9.73. The Morgan fingerprint density at radius 3 is 3.00 bits per heavy atom. The van der Waals surface area contributed by atoms with Crippen LogP contribution in [-0.4, -0.2) is 30.0 Å². The summed E-state index contributed by atoms with van der Waals surface area (Å²) in [6.07, 6.45) is 2.64. The Balaban J connectivity index is 2.12. The minimum Gasteiger partial charge on any atom is -0.309 e. The number of pyridine rings is 1. The molecule has 0 saturated carbocycles. The minimum absolute atomic E-state index is 0.0219. The van der Waals surface area contributed by atoms with E-state index < -0.39 is 0 Å². The summed E-state index contributed by atoms with van der Waals surface area (Å²) in [5.74, 6) is 0.160. The van der Waals surface area contributed by atoms with Crippen LogP contribution < -0.4 is 10.2 Å². The molecular formula is C12H17N3O. The smallest absolute Gasteiger partial charge is 0.244 e. The Morgan fingerprint density at radius 2 is 2.38 bits per heavy atom. The molecule has 4 heteroatoms. The zero-order chi connectivity index (χ0) is 11.5. The summed E-state index contributed by atoms with van der Waals surface area (Å²) in [6.45, 7) is 5.57. The average Bonchev–Trinajstić information content (AvgIpc) is 2.63. The van der Waals surface area contributed by atoms with E-state index >= 15 is 0 Å². The van der Waals surface area contributed by atoms with Crippen LogP contribution >= 0.6 is 0 Å². The molecule has 16 heavy (non-hydrogen) atoms. The average molecular weight is 219 g/mol. The van der Waals surface area contributed by atoms with Gasteiger partial charge >= 0.3 is 0 Å². The van der Waals surface area contributed by atoms with Gasteiger partial charge in [-0.25, -0.2) is 0 Å². The van der Waals surface area contributed by atoms with Crippen molar-refractivity contribution in [3.63, 3.8) is 0 Å². The molecule has 1 aliphatic rings. The maximum atomic E-state index is 12.0. The number of carbonyl (C=O) groups is 1. The van der Waals surface area contributed by atoms with Crippen molar-refractivity contribution in [1.29, 1.82) is 0 Å². The molecule has 1 atom stereocenters. The number of carbonyl (C=O) groups excluding carboxylic acids is 1. The lowest BCUT2D eigenvalue weighted by atomic mass is 10.2. The van der Waals surface area contributed by atoms with Crippen LogP contribution in [0, 0.1) is 6.92 Å². The predicted octanol–water partition coefficient (Wildman–Crippen LogP) is 1.10. The molecule has 2 heterocycles. The Hall–Kier alpha value is -1.42. The highest BCUT2D eigenvalue weighted by Crippen LogP contribution is 2.20. The number of hydrogen-bond donors (Lipinski definition) is 1. The summed E-state index contributed by atoms with van der Waals surface area (Å²) in [4.78, 5) is 18.0. The lowest BCUT2D eigenvalue weighted by Gasteiger charge is -2.16. The Bertz CT molecular complexity index is 374. The van der Waals surface area contributed by atoms with E-state index in [0.717, 1.165) is 30.9 Å². The minimum atomic E-state index is -0.0219. The van der Waals surface area contributed by atoms with E-state index in [-0.39, 0.29) is 11.9 Å². The molecule has 86 valence electrons. The van der Waals surface area contributed by atoms with Gasteiger partial charge in [-0.3, -0.25) is 9.78 Å². The lowest BCUT2D eigenvalue weighted by molar-refractivity contribution is -0.118. The first kappa shape index (κ1) is 11.1. The summed E-state index contributed by atoms with van der Waals surface area (Å²) in [7, 11) is 0. The molecule has 0 aliphatic carbocycles. The van der Waals surface area contributed by atoms with E-state index in [9.17, 15) is 4.79 Å². The zero-order valence-corrected chi connectivity index (χ0v) is 9.73. The van der Waals surface area contributed by atoms with Crippen molar-refractivity contribution in [3.05, 3.63) is 24.0 Å². The van der Waals surface area contributed by atoms with E-state index in [4.69, 9.17) is 0 Å². The quantitative estimate of drug-likeness (QED) is 0.828. The molecule has 1 fully saturated rings. The number of aromatic nitrogens is 1. The molecular weight excluding hydrogens is 202 g/mol. The highest BCUT2D eigenvalue weighted by Gasteiger charge is 2.31. The normalized spacial score (nSPS) is 20.5. The number of aryl methyl sites for hydroxylation is 1. The van der Waals surface area contributed by atoms with Crippen molar-refractivity contribution >= 4 is 11.6 Å². The predicted molar refractivity (Wildman–Crippen MR) is 63.4 cm³/mol. The van der Waals surface area contributed by atoms with Crippen molar-refractivity contribution < 1.29 is 4.79 Å². The van der Waals surface area contributed by atoms with Gasteiger partial charge in [0.05, 0.1) is 17.9 Å². The maximum Gasteiger partial charge on any atom is 0.244 e. The lowest BCUT2D eigenvalue weighted by Crippen LogP contribution is -2.38. The van der Waals surface area contributed by atoms with E-state index in [1.54, 1.807) is 11.1 Å². The highest BCUT2D eigenvalue weighted by molar-refractivity contribution is 5.99. The van der Waals surface area contributed by atoms with Crippen LogP contribution in [0.5, 0.6) is 0 Å². The molecule has 0 spiro atoms. The van der Waals surface area contributed by atoms with Crippen LogP contribution in [0.2, 0.25) is 0 Å². The number of rotatable bonds is 3. The largest absolute Gasteiger partial charge is 0.309 e. The molecule has 0 radical (unpaired) electrons. The summed E-state index contributed by atoms with van der Waals surface area (Å²) in [5, 5.41) is 3.19. The number of amides is 1. The molecule has 1 amide bonds. The highest BCUT2D eigenvalue weighted by atomic mass is 16.2. The molecule has 1 aliphatic heterocycles. The maximum absolute atomic E-state index is 12.0. The van der Waals surface area contributed by atoms with E-state index in [1.165, 1.54) is 0 Å². The van der Waals surface area contributed by atoms with Crippen molar-refractivity contribution in [1.82, 2.24) is 10.3 Å². The Morgan fingerprint density at radius 1 is 1.56 bits per heavy atom. The first-order valence-electron chi connectivity index (χ1n) is 5.69. The number of anilines is 1. The molecule has 2 rings (SSSR count). The fraction of sp³-hybridized carbons (Fsp3) is 0.500. The van der Waals surface area contributed by atoms with Crippen LogP contribution in [0.15, 0.2) is 18.3 Å². The van der Waals surface area contributed by atoms with Gasteiger partial charge in [-0.1, -0.05) is 6.92 Å². The molecule has 1 aromatic heterocycles. The molecule has 1 aromatic rings. The molecule has 1 saturated heterocycles. The topological polar surface area (TPSA) is 45.2 Å². The van der Waals surface area contributed by atoms with Crippen molar-refractivity contribution in [2.75, 3.05) is 18.0 Å². The summed E-state index contributed by atoms with van der Waals surface area (Å²) in [6, 6.07) is 3.86.